The van der Waals surface area contributed by atoms with Crippen molar-refractivity contribution in [3.63, 3.8) is 0 Å². The molecule has 0 bridgehead atoms. The van der Waals surface area contributed by atoms with Gasteiger partial charge in [0, 0.05) is 44.2 Å². The van der Waals surface area contributed by atoms with E-state index in [9.17, 15) is 8.42 Å². The van der Waals surface area contributed by atoms with Crippen LogP contribution in [-0.2, 0) is 10.0 Å². The fraction of sp³-hybridized carbons (Fsp3) is 0.941. The van der Waals surface area contributed by atoms with Crippen molar-refractivity contribution in [3.8, 4) is 0 Å². The summed E-state index contributed by atoms with van der Waals surface area (Å²) in [7, 11) is -3.17. The second kappa shape index (κ2) is 8.48. The third-order valence-electron chi connectivity index (χ3n) is 5.71. The van der Waals surface area contributed by atoms with Crippen molar-refractivity contribution in [1.82, 2.24) is 14.5 Å². The first kappa shape index (κ1) is 19.3. The average molecular weight is 389 g/mol. The van der Waals surface area contributed by atoms with E-state index in [0.29, 0.717) is 25.0 Å². The maximum absolute atomic E-state index is 12.5. The van der Waals surface area contributed by atoms with Gasteiger partial charge in [-0.25, -0.2) is 12.7 Å². The zero-order valence-electron chi connectivity index (χ0n) is 15.4. The minimum atomic E-state index is -3.17. The van der Waals surface area contributed by atoms with Gasteiger partial charge in [0.2, 0.25) is 10.0 Å². The standard InChI is InChI=1S/C17H32N4O2S2/c1-2-18-16(20-9-7-17(15-20)5-3-4-6-17)19-8-14-25(22,23)21-10-12-24-13-11-21/h2-15H2,1H3,(H,18,19). The minimum absolute atomic E-state index is 0.117. The lowest BCUT2D eigenvalue weighted by Gasteiger charge is -2.26. The summed E-state index contributed by atoms with van der Waals surface area (Å²) in [6.45, 7) is 6.64. The molecule has 0 aromatic carbocycles. The molecule has 0 atom stereocenters. The molecule has 3 fully saturated rings. The van der Waals surface area contributed by atoms with Crippen LogP contribution in [0.4, 0.5) is 0 Å². The van der Waals surface area contributed by atoms with Crippen LogP contribution in [-0.4, -0.2) is 80.1 Å². The third-order valence-corrected chi connectivity index (χ3v) is 8.50. The summed E-state index contributed by atoms with van der Waals surface area (Å²) in [5, 5.41) is 3.36. The predicted molar refractivity (Wildman–Crippen MR) is 106 cm³/mol. The van der Waals surface area contributed by atoms with E-state index >= 15 is 0 Å². The molecule has 2 saturated heterocycles. The molecule has 1 spiro atoms. The molecular formula is C17H32N4O2S2. The molecule has 3 aliphatic rings. The number of aliphatic imine (C=N–C) groups is 1. The van der Waals surface area contributed by atoms with Crippen molar-refractivity contribution in [1.29, 1.82) is 0 Å². The van der Waals surface area contributed by atoms with Crippen LogP contribution in [0, 0.1) is 5.41 Å². The van der Waals surface area contributed by atoms with E-state index in [1.807, 2.05) is 11.8 Å². The smallest absolute Gasteiger partial charge is 0.215 e. The molecule has 25 heavy (non-hydrogen) atoms. The number of nitrogens with one attached hydrogen (secondary N) is 1. The summed E-state index contributed by atoms with van der Waals surface area (Å²) in [6, 6.07) is 0. The van der Waals surface area contributed by atoms with Gasteiger partial charge in [-0.05, 0) is 31.6 Å². The van der Waals surface area contributed by atoms with Gasteiger partial charge >= 0.3 is 0 Å². The zero-order chi connectivity index (χ0) is 17.8. The Labute approximate surface area is 156 Å². The SMILES string of the molecule is CCNC(=NCCS(=O)(=O)N1CCSCC1)N1CCC2(CCCC2)C1. The van der Waals surface area contributed by atoms with E-state index in [1.165, 1.54) is 32.1 Å². The van der Waals surface area contributed by atoms with Crippen LogP contribution in [0.2, 0.25) is 0 Å². The topological polar surface area (TPSA) is 65.0 Å². The molecule has 3 rings (SSSR count). The molecule has 0 radical (unpaired) electrons. The normalized spacial score (nSPS) is 25.0. The fourth-order valence-electron chi connectivity index (χ4n) is 4.30. The third kappa shape index (κ3) is 4.83. The van der Waals surface area contributed by atoms with Crippen molar-refractivity contribution in [2.75, 3.05) is 56.5 Å². The maximum Gasteiger partial charge on any atom is 0.215 e. The first-order chi connectivity index (χ1) is 12.0. The highest BCUT2D eigenvalue weighted by atomic mass is 32.2. The van der Waals surface area contributed by atoms with Gasteiger partial charge < -0.3 is 10.2 Å². The number of thioether (sulfide) groups is 1. The summed E-state index contributed by atoms with van der Waals surface area (Å²) >= 11 is 1.83. The Balaban J connectivity index is 1.57. The number of hydrogen-bond donors (Lipinski definition) is 1. The van der Waals surface area contributed by atoms with Gasteiger partial charge in [0.25, 0.3) is 0 Å². The molecule has 144 valence electrons. The van der Waals surface area contributed by atoms with Crippen LogP contribution in [0.15, 0.2) is 4.99 Å². The maximum atomic E-state index is 12.5. The van der Waals surface area contributed by atoms with Crippen molar-refractivity contribution in [2.45, 2.75) is 39.0 Å². The Bertz CT molecular complexity index is 567. The Morgan fingerprint density at radius 2 is 1.88 bits per heavy atom. The Morgan fingerprint density at radius 3 is 2.56 bits per heavy atom. The number of guanidine groups is 1. The summed E-state index contributed by atoms with van der Waals surface area (Å²) < 4.78 is 26.6. The molecule has 1 saturated carbocycles. The van der Waals surface area contributed by atoms with Crippen molar-refractivity contribution in [2.24, 2.45) is 10.4 Å². The van der Waals surface area contributed by atoms with E-state index in [1.54, 1.807) is 4.31 Å². The number of likely N-dealkylation sites (tertiary alicyclic amines) is 1. The van der Waals surface area contributed by atoms with Crippen LogP contribution in [0.3, 0.4) is 0 Å². The summed E-state index contributed by atoms with van der Waals surface area (Å²) in [6.07, 6.45) is 6.64. The van der Waals surface area contributed by atoms with Gasteiger partial charge in [0.05, 0.1) is 12.3 Å². The summed E-state index contributed by atoms with van der Waals surface area (Å²) in [4.78, 5) is 7.00. The van der Waals surface area contributed by atoms with Gasteiger partial charge in [-0.1, -0.05) is 12.8 Å². The molecule has 8 heteroatoms. The van der Waals surface area contributed by atoms with Gasteiger partial charge in [0.15, 0.2) is 5.96 Å². The van der Waals surface area contributed by atoms with E-state index < -0.39 is 10.0 Å². The fourth-order valence-corrected chi connectivity index (χ4v) is 6.75. The highest BCUT2D eigenvalue weighted by Crippen LogP contribution is 2.45. The van der Waals surface area contributed by atoms with Crippen molar-refractivity contribution >= 4 is 27.7 Å². The molecule has 2 heterocycles. The lowest BCUT2D eigenvalue weighted by Crippen LogP contribution is -2.42. The van der Waals surface area contributed by atoms with E-state index in [2.05, 4.69) is 22.1 Å². The highest BCUT2D eigenvalue weighted by Gasteiger charge is 2.41. The first-order valence-electron chi connectivity index (χ1n) is 9.64. The number of nitrogens with zero attached hydrogens (tertiary/aromatic N) is 3. The molecular weight excluding hydrogens is 356 g/mol. The zero-order valence-corrected chi connectivity index (χ0v) is 17.0. The molecule has 1 N–H and O–H groups in total. The van der Waals surface area contributed by atoms with Crippen LogP contribution in [0.25, 0.3) is 0 Å². The molecule has 0 aromatic rings. The number of hydrogen-bond acceptors (Lipinski definition) is 4. The van der Waals surface area contributed by atoms with E-state index in [4.69, 9.17) is 0 Å². The van der Waals surface area contributed by atoms with Gasteiger partial charge in [-0.15, -0.1) is 0 Å². The van der Waals surface area contributed by atoms with Crippen LogP contribution < -0.4 is 5.32 Å². The van der Waals surface area contributed by atoms with Crippen LogP contribution >= 0.6 is 11.8 Å². The van der Waals surface area contributed by atoms with Crippen molar-refractivity contribution in [3.05, 3.63) is 0 Å². The molecule has 6 nitrogen and oxygen atoms in total. The summed E-state index contributed by atoms with van der Waals surface area (Å²) in [5.41, 5.74) is 0.494. The minimum Gasteiger partial charge on any atom is -0.357 e. The Kier molecular flexibility index (Phi) is 6.55. The first-order valence-corrected chi connectivity index (χ1v) is 12.4. The average Bonchev–Trinajstić information content (AvgIpc) is 3.25. The number of sulfonamides is 1. The lowest BCUT2D eigenvalue weighted by atomic mass is 9.86. The van der Waals surface area contributed by atoms with E-state index in [0.717, 1.165) is 37.1 Å². The Hall–Kier alpha value is -0.470. The summed E-state index contributed by atoms with van der Waals surface area (Å²) in [5.74, 6) is 2.82. The van der Waals surface area contributed by atoms with Gasteiger partial charge in [-0.3, -0.25) is 4.99 Å². The quantitative estimate of drug-likeness (QED) is 0.572. The second-order valence-electron chi connectivity index (χ2n) is 7.44. The number of rotatable bonds is 5. The van der Waals surface area contributed by atoms with Crippen LogP contribution in [0.5, 0.6) is 0 Å². The lowest BCUT2D eigenvalue weighted by molar-refractivity contribution is 0.309. The molecule has 1 aliphatic carbocycles. The Morgan fingerprint density at radius 1 is 1.16 bits per heavy atom. The van der Waals surface area contributed by atoms with E-state index in [-0.39, 0.29) is 5.75 Å². The van der Waals surface area contributed by atoms with Crippen LogP contribution in [0.1, 0.15) is 39.0 Å². The van der Waals surface area contributed by atoms with Gasteiger partial charge in [-0.2, -0.15) is 11.8 Å². The monoisotopic (exact) mass is 388 g/mol. The molecule has 0 unspecified atom stereocenters. The predicted octanol–water partition coefficient (Wildman–Crippen LogP) is 1.60. The molecule has 2 aliphatic heterocycles. The molecule has 0 amide bonds. The van der Waals surface area contributed by atoms with Gasteiger partial charge in [0.1, 0.15) is 0 Å². The second-order valence-corrected chi connectivity index (χ2v) is 10.8. The highest BCUT2D eigenvalue weighted by molar-refractivity contribution is 7.99. The molecule has 0 aromatic heterocycles. The van der Waals surface area contributed by atoms with Crippen molar-refractivity contribution < 1.29 is 8.42 Å². The largest absolute Gasteiger partial charge is 0.357 e.